The molecule has 0 amide bonds. The fraction of sp³-hybridized carbons (Fsp3) is 0.214. The van der Waals surface area contributed by atoms with Crippen molar-refractivity contribution >= 4 is 11.0 Å². The van der Waals surface area contributed by atoms with Gasteiger partial charge in [-0.15, -0.1) is 6.58 Å². The normalized spacial score (nSPS) is 10.4. The standard InChI is InChI=1S/C14H14O3/c1-2-3-4-9-16-12-7-5-11-6-8-14(15)17-13(11)10-12/h2,5-8,10H,1,3-4,9H2. The van der Waals surface area contributed by atoms with Crippen LogP contribution in [-0.2, 0) is 0 Å². The second-order valence-corrected chi connectivity index (χ2v) is 3.73. The van der Waals surface area contributed by atoms with Gasteiger partial charge in [0.15, 0.2) is 0 Å². The van der Waals surface area contributed by atoms with Crippen molar-refractivity contribution in [1.82, 2.24) is 0 Å². The monoisotopic (exact) mass is 230 g/mol. The zero-order valence-corrected chi connectivity index (χ0v) is 9.52. The molecular formula is C14H14O3. The summed E-state index contributed by atoms with van der Waals surface area (Å²) in [5, 5.41) is 0.892. The molecule has 1 aromatic carbocycles. The zero-order chi connectivity index (χ0) is 12.1. The SMILES string of the molecule is C=CCCCOc1ccc2ccc(=O)oc2c1. The highest BCUT2D eigenvalue weighted by Crippen LogP contribution is 2.19. The third-order valence-corrected chi connectivity index (χ3v) is 2.42. The molecule has 3 heteroatoms. The number of ether oxygens (including phenoxy) is 1. The Morgan fingerprint density at radius 1 is 1.29 bits per heavy atom. The average molecular weight is 230 g/mol. The van der Waals surface area contributed by atoms with E-state index in [4.69, 9.17) is 9.15 Å². The van der Waals surface area contributed by atoms with Crippen molar-refractivity contribution in [2.24, 2.45) is 0 Å². The zero-order valence-electron chi connectivity index (χ0n) is 9.52. The lowest BCUT2D eigenvalue weighted by atomic mass is 10.2. The van der Waals surface area contributed by atoms with Crippen molar-refractivity contribution < 1.29 is 9.15 Å². The molecule has 0 atom stereocenters. The van der Waals surface area contributed by atoms with Gasteiger partial charge in [0.05, 0.1) is 6.61 Å². The molecule has 0 fully saturated rings. The molecule has 2 rings (SSSR count). The topological polar surface area (TPSA) is 39.4 Å². The second kappa shape index (κ2) is 5.34. The van der Waals surface area contributed by atoms with Crippen LogP contribution < -0.4 is 10.4 Å². The van der Waals surface area contributed by atoms with Crippen LogP contribution in [0.15, 0.2) is 52.2 Å². The van der Waals surface area contributed by atoms with Gasteiger partial charge in [0.2, 0.25) is 0 Å². The van der Waals surface area contributed by atoms with E-state index in [0.717, 1.165) is 24.0 Å². The van der Waals surface area contributed by atoms with Crippen molar-refractivity contribution in [2.45, 2.75) is 12.8 Å². The first-order chi connectivity index (χ1) is 8.29. The summed E-state index contributed by atoms with van der Waals surface area (Å²) in [5.41, 5.74) is 0.208. The van der Waals surface area contributed by atoms with Gasteiger partial charge < -0.3 is 9.15 Å². The van der Waals surface area contributed by atoms with E-state index in [9.17, 15) is 4.79 Å². The molecule has 0 unspecified atom stereocenters. The maximum atomic E-state index is 11.1. The first-order valence-electron chi connectivity index (χ1n) is 5.57. The first kappa shape index (κ1) is 11.5. The fourth-order valence-corrected chi connectivity index (χ4v) is 1.55. The maximum absolute atomic E-state index is 11.1. The van der Waals surface area contributed by atoms with Gasteiger partial charge in [-0.2, -0.15) is 0 Å². The summed E-state index contributed by atoms with van der Waals surface area (Å²) in [6, 6.07) is 8.64. The van der Waals surface area contributed by atoms with Gasteiger partial charge in [0.1, 0.15) is 11.3 Å². The minimum Gasteiger partial charge on any atom is -0.493 e. The highest BCUT2D eigenvalue weighted by atomic mass is 16.5. The predicted molar refractivity (Wildman–Crippen MR) is 67.4 cm³/mol. The largest absolute Gasteiger partial charge is 0.493 e. The summed E-state index contributed by atoms with van der Waals surface area (Å²) in [4.78, 5) is 11.1. The molecule has 17 heavy (non-hydrogen) atoms. The highest BCUT2D eigenvalue weighted by Gasteiger charge is 2.00. The first-order valence-corrected chi connectivity index (χ1v) is 5.57. The van der Waals surface area contributed by atoms with Crippen LogP contribution >= 0.6 is 0 Å². The Labute approximate surface area is 99.3 Å². The molecule has 2 aromatic rings. The lowest BCUT2D eigenvalue weighted by Crippen LogP contribution is -1.98. The minimum absolute atomic E-state index is 0.346. The van der Waals surface area contributed by atoms with Crippen molar-refractivity contribution in [1.29, 1.82) is 0 Å². The molecule has 0 aliphatic carbocycles. The molecule has 0 saturated carbocycles. The molecule has 0 aliphatic heterocycles. The molecule has 0 saturated heterocycles. The lowest BCUT2D eigenvalue weighted by molar-refractivity contribution is 0.312. The maximum Gasteiger partial charge on any atom is 0.336 e. The van der Waals surface area contributed by atoms with Crippen molar-refractivity contribution in [3.63, 3.8) is 0 Å². The Morgan fingerprint density at radius 3 is 2.94 bits per heavy atom. The van der Waals surface area contributed by atoms with Crippen LogP contribution in [0.5, 0.6) is 5.75 Å². The fourth-order valence-electron chi connectivity index (χ4n) is 1.55. The molecule has 1 aromatic heterocycles. The Hall–Kier alpha value is -2.03. The number of unbranched alkanes of at least 4 members (excludes halogenated alkanes) is 1. The van der Waals surface area contributed by atoms with Gasteiger partial charge in [-0.25, -0.2) is 4.79 Å². The molecule has 3 nitrogen and oxygen atoms in total. The van der Waals surface area contributed by atoms with Crippen LogP contribution in [0.1, 0.15) is 12.8 Å². The van der Waals surface area contributed by atoms with Gasteiger partial charge >= 0.3 is 5.63 Å². The smallest absolute Gasteiger partial charge is 0.336 e. The van der Waals surface area contributed by atoms with E-state index in [0.29, 0.717) is 12.2 Å². The van der Waals surface area contributed by atoms with Gasteiger partial charge in [-0.3, -0.25) is 0 Å². The van der Waals surface area contributed by atoms with Crippen LogP contribution in [0.25, 0.3) is 11.0 Å². The van der Waals surface area contributed by atoms with Gasteiger partial charge in [-0.05, 0) is 31.0 Å². The lowest BCUT2D eigenvalue weighted by Gasteiger charge is -2.05. The van der Waals surface area contributed by atoms with Crippen LogP contribution in [0.2, 0.25) is 0 Å². The Morgan fingerprint density at radius 2 is 2.12 bits per heavy atom. The third kappa shape index (κ3) is 2.97. The van der Waals surface area contributed by atoms with E-state index in [1.807, 2.05) is 18.2 Å². The van der Waals surface area contributed by atoms with E-state index in [1.165, 1.54) is 6.07 Å². The summed E-state index contributed by atoms with van der Waals surface area (Å²) >= 11 is 0. The average Bonchev–Trinajstić information content (AvgIpc) is 2.34. The highest BCUT2D eigenvalue weighted by molar-refractivity contribution is 5.77. The predicted octanol–water partition coefficient (Wildman–Crippen LogP) is 3.14. The summed E-state index contributed by atoms with van der Waals surface area (Å²) in [7, 11) is 0. The number of fused-ring (bicyclic) bond motifs is 1. The van der Waals surface area contributed by atoms with E-state index in [-0.39, 0.29) is 5.63 Å². The Kier molecular flexibility index (Phi) is 3.60. The Bertz CT molecular complexity index is 569. The summed E-state index contributed by atoms with van der Waals surface area (Å²) in [6.45, 7) is 4.28. The van der Waals surface area contributed by atoms with Crippen molar-refractivity contribution in [3.05, 3.63) is 53.4 Å². The van der Waals surface area contributed by atoms with Crippen molar-refractivity contribution in [2.75, 3.05) is 6.61 Å². The molecule has 0 N–H and O–H groups in total. The molecule has 0 bridgehead atoms. The summed E-state index contributed by atoms with van der Waals surface area (Å²) < 4.78 is 10.6. The van der Waals surface area contributed by atoms with E-state index >= 15 is 0 Å². The van der Waals surface area contributed by atoms with Crippen LogP contribution in [-0.4, -0.2) is 6.61 Å². The molecule has 0 aliphatic rings. The van der Waals surface area contributed by atoms with E-state index in [2.05, 4.69) is 6.58 Å². The molecule has 88 valence electrons. The number of rotatable bonds is 5. The third-order valence-electron chi connectivity index (χ3n) is 2.42. The molecule has 0 radical (unpaired) electrons. The Balaban J connectivity index is 2.13. The van der Waals surface area contributed by atoms with E-state index in [1.54, 1.807) is 12.1 Å². The number of hydrogen-bond donors (Lipinski definition) is 0. The summed E-state index contributed by atoms with van der Waals surface area (Å²) in [6.07, 6.45) is 3.73. The number of allylic oxidation sites excluding steroid dienone is 1. The molecule has 0 spiro atoms. The van der Waals surface area contributed by atoms with Gasteiger partial charge in [0, 0.05) is 17.5 Å². The molecular weight excluding hydrogens is 216 g/mol. The second-order valence-electron chi connectivity index (χ2n) is 3.73. The van der Waals surface area contributed by atoms with Crippen molar-refractivity contribution in [3.8, 4) is 5.75 Å². The van der Waals surface area contributed by atoms with Crippen LogP contribution in [0.4, 0.5) is 0 Å². The van der Waals surface area contributed by atoms with E-state index < -0.39 is 0 Å². The van der Waals surface area contributed by atoms with Gasteiger partial charge in [0.25, 0.3) is 0 Å². The summed E-state index contributed by atoms with van der Waals surface area (Å²) in [5.74, 6) is 0.718. The number of benzene rings is 1. The number of hydrogen-bond acceptors (Lipinski definition) is 3. The molecule has 1 heterocycles. The van der Waals surface area contributed by atoms with Crippen LogP contribution in [0, 0.1) is 0 Å². The van der Waals surface area contributed by atoms with Gasteiger partial charge in [-0.1, -0.05) is 6.08 Å². The van der Waals surface area contributed by atoms with Crippen LogP contribution in [0.3, 0.4) is 0 Å². The minimum atomic E-state index is -0.346. The quantitative estimate of drug-likeness (QED) is 0.450.